The number of H-pyrrole nitrogens is 1. The molecule has 0 radical (unpaired) electrons. The van der Waals surface area contributed by atoms with E-state index in [9.17, 15) is 14.4 Å². The molecule has 1 atom stereocenters. The molecular formula is C20H23N3O3. The maximum Gasteiger partial charge on any atom is 0.261 e. The minimum atomic E-state index is -0.530. The molecule has 136 valence electrons. The number of amides is 1. The second-order valence-corrected chi connectivity index (χ2v) is 7.57. The lowest BCUT2D eigenvalue weighted by molar-refractivity contribution is 0.0910. The first kappa shape index (κ1) is 18.1. The Balaban J connectivity index is 1.77. The van der Waals surface area contributed by atoms with Gasteiger partial charge in [0.25, 0.3) is 11.5 Å². The van der Waals surface area contributed by atoms with Gasteiger partial charge in [0.1, 0.15) is 5.56 Å². The Labute approximate surface area is 151 Å². The first-order chi connectivity index (χ1) is 12.3. The van der Waals surface area contributed by atoms with Crippen LogP contribution in [0.2, 0.25) is 0 Å². The van der Waals surface area contributed by atoms with E-state index in [1.807, 2.05) is 44.2 Å². The molecular weight excluding hydrogens is 330 g/mol. The summed E-state index contributed by atoms with van der Waals surface area (Å²) in [5, 5.41) is 2.68. The summed E-state index contributed by atoms with van der Waals surface area (Å²) in [6, 6.07) is 10.4. The van der Waals surface area contributed by atoms with Crippen molar-refractivity contribution in [1.29, 1.82) is 0 Å². The van der Waals surface area contributed by atoms with Gasteiger partial charge in [-0.25, -0.2) is 0 Å². The van der Waals surface area contributed by atoms with Gasteiger partial charge in [-0.15, -0.1) is 0 Å². The van der Waals surface area contributed by atoms with E-state index in [1.54, 1.807) is 0 Å². The number of benzene rings is 1. The number of fused-ring (bicyclic) bond motifs is 1. The lowest BCUT2D eigenvalue weighted by atomic mass is 9.75. The lowest BCUT2D eigenvalue weighted by Crippen LogP contribution is -2.37. The standard InChI is InChI=1S/C20H23N3O3/c1-20(2)9-16-13(17(24)10-20)8-14(19(26)23-16)18(25)22-11-15(21)12-6-4-3-5-7-12/h3-8,15H,9-11,21H2,1-2H3,(H,22,25)(H,23,26). The summed E-state index contributed by atoms with van der Waals surface area (Å²) in [4.78, 5) is 39.8. The topological polar surface area (TPSA) is 105 Å². The number of hydrogen-bond donors (Lipinski definition) is 3. The zero-order chi connectivity index (χ0) is 18.9. The third-order valence-electron chi connectivity index (χ3n) is 4.67. The van der Waals surface area contributed by atoms with Crippen molar-refractivity contribution in [3.05, 3.63) is 69.1 Å². The molecule has 2 aromatic rings. The van der Waals surface area contributed by atoms with E-state index >= 15 is 0 Å². The molecule has 0 saturated carbocycles. The molecule has 0 fully saturated rings. The maximum absolute atomic E-state index is 12.4. The van der Waals surface area contributed by atoms with Crippen LogP contribution in [0.4, 0.5) is 0 Å². The quantitative estimate of drug-likeness (QED) is 0.781. The van der Waals surface area contributed by atoms with Crippen LogP contribution in [0.3, 0.4) is 0 Å². The molecule has 4 N–H and O–H groups in total. The van der Waals surface area contributed by atoms with Crippen LogP contribution in [-0.2, 0) is 6.42 Å². The maximum atomic E-state index is 12.4. The summed E-state index contributed by atoms with van der Waals surface area (Å²) >= 11 is 0. The molecule has 0 spiro atoms. The van der Waals surface area contributed by atoms with Crippen molar-refractivity contribution >= 4 is 11.7 Å². The third kappa shape index (κ3) is 3.75. The van der Waals surface area contributed by atoms with Crippen molar-refractivity contribution < 1.29 is 9.59 Å². The number of ketones is 1. The molecule has 3 rings (SSSR count). The van der Waals surface area contributed by atoms with E-state index in [0.29, 0.717) is 24.1 Å². The van der Waals surface area contributed by atoms with Gasteiger partial charge in [0.15, 0.2) is 5.78 Å². The second kappa shape index (κ2) is 6.88. The molecule has 6 nitrogen and oxygen atoms in total. The van der Waals surface area contributed by atoms with Gasteiger partial charge in [-0.1, -0.05) is 44.2 Å². The highest BCUT2D eigenvalue weighted by Gasteiger charge is 2.32. The molecule has 1 aromatic carbocycles. The van der Waals surface area contributed by atoms with Crippen molar-refractivity contribution in [2.24, 2.45) is 11.1 Å². The summed E-state index contributed by atoms with van der Waals surface area (Å²) < 4.78 is 0. The van der Waals surface area contributed by atoms with Crippen molar-refractivity contribution in [3.63, 3.8) is 0 Å². The fourth-order valence-corrected chi connectivity index (χ4v) is 3.31. The van der Waals surface area contributed by atoms with Gasteiger partial charge in [-0.05, 0) is 23.5 Å². The van der Waals surface area contributed by atoms with Crippen LogP contribution in [-0.4, -0.2) is 23.2 Å². The van der Waals surface area contributed by atoms with Gasteiger partial charge in [0, 0.05) is 30.3 Å². The Bertz CT molecular complexity index is 900. The highest BCUT2D eigenvalue weighted by atomic mass is 16.2. The first-order valence-electron chi connectivity index (χ1n) is 8.65. The number of carbonyl (C=O) groups is 2. The van der Waals surface area contributed by atoms with Crippen molar-refractivity contribution in [2.75, 3.05) is 6.54 Å². The SMILES string of the molecule is CC1(C)CC(=O)c2cc(C(=O)NCC(N)c3ccccc3)c(=O)[nH]c2C1. The van der Waals surface area contributed by atoms with Crippen LogP contribution in [0.5, 0.6) is 0 Å². The van der Waals surface area contributed by atoms with Crippen LogP contribution in [0.25, 0.3) is 0 Å². The van der Waals surface area contributed by atoms with E-state index in [0.717, 1.165) is 5.56 Å². The summed E-state index contributed by atoms with van der Waals surface area (Å²) in [5.74, 6) is -0.583. The average molecular weight is 353 g/mol. The molecule has 1 aliphatic carbocycles. The average Bonchev–Trinajstić information content (AvgIpc) is 2.58. The number of aromatic nitrogens is 1. The Hall–Kier alpha value is -2.73. The molecule has 1 aliphatic rings. The van der Waals surface area contributed by atoms with Crippen LogP contribution in [0.15, 0.2) is 41.2 Å². The van der Waals surface area contributed by atoms with Crippen LogP contribution >= 0.6 is 0 Å². The smallest absolute Gasteiger partial charge is 0.261 e. The zero-order valence-electron chi connectivity index (χ0n) is 15.0. The number of carbonyl (C=O) groups excluding carboxylic acids is 2. The number of pyridine rings is 1. The van der Waals surface area contributed by atoms with Crippen LogP contribution in [0.1, 0.15) is 58.3 Å². The molecule has 0 bridgehead atoms. The normalized spacial score (nSPS) is 16.7. The van der Waals surface area contributed by atoms with Crippen molar-refractivity contribution in [3.8, 4) is 0 Å². The Morgan fingerprint density at radius 2 is 1.92 bits per heavy atom. The van der Waals surface area contributed by atoms with E-state index < -0.39 is 11.5 Å². The molecule has 1 unspecified atom stereocenters. The molecule has 1 amide bonds. The Morgan fingerprint density at radius 3 is 2.62 bits per heavy atom. The van der Waals surface area contributed by atoms with Crippen LogP contribution < -0.4 is 16.6 Å². The summed E-state index contributed by atoms with van der Waals surface area (Å²) in [5.41, 5.74) is 7.26. The molecule has 0 saturated heterocycles. The van der Waals surface area contributed by atoms with Gasteiger partial charge in [-0.3, -0.25) is 14.4 Å². The monoisotopic (exact) mass is 353 g/mol. The fraction of sp³-hybridized carbons (Fsp3) is 0.350. The van der Waals surface area contributed by atoms with Gasteiger partial charge in [0.2, 0.25) is 0 Å². The number of hydrogen-bond acceptors (Lipinski definition) is 4. The Morgan fingerprint density at radius 1 is 1.23 bits per heavy atom. The molecule has 26 heavy (non-hydrogen) atoms. The second-order valence-electron chi connectivity index (χ2n) is 7.57. The molecule has 1 heterocycles. The van der Waals surface area contributed by atoms with Crippen molar-refractivity contribution in [2.45, 2.75) is 32.7 Å². The number of rotatable bonds is 4. The van der Waals surface area contributed by atoms with E-state index in [4.69, 9.17) is 5.73 Å². The number of Topliss-reactive ketones (excluding diaryl/α,β-unsaturated/α-hetero) is 1. The highest BCUT2D eigenvalue weighted by Crippen LogP contribution is 2.33. The van der Waals surface area contributed by atoms with Gasteiger partial charge in [0.05, 0.1) is 0 Å². The largest absolute Gasteiger partial charge is 0.350 e. The van der Waals surface area contributed by atoms with Gasteiger partial charge in [-0.2, -0.15) is 0 Å². The van der Waals surface area contributed by atoms with Crippen LogP contribution in [0, 0.1) is 5.41 Å². The van der Waals surface area contributed by atoms with E-state index in [2.05, 4.69) is 10.3 Å². The summed E-state index contributed by atoms with van der Waals surface area (Å²) in [7, 11) is 0. The van der Waals surface area contributed by atoms with Gasteiger partial charge < -0.3 is 16.0 Å². The highest BCUT2D eigenvalue weighted by molar-refractivity contribution is 6.02. The van der Waals surface area contributed by atoms with E-state index in [1.165, 1.54) is 6.07 Å². The molecule has 0 aliphatic heterocycles. The summed E-state index contributed by atoms with van der Waals surface area (Å²) in [6.45, 7) is 4.16. The number of nitrogens with one attached hydrogen (secondary N) is 2. The molecule has 6 heteroatoms. The lowest BCUT2D eigenvalue weighted by Gasteiger charge is -2.29. The van der Waals surface area contributed by atoms with Crippen molar-refractivity contribution in [1.82, 2.24) is 10.3 Å². The number of aromatic amines is 1. The summed E-state index contributed by atoms with van der Waals surface area (Å²) in [6.07, 6.45) is 0.996. The minimum absolute atomic E-state index is 0.0532. The minimum Gasteiger partial charge on any atom is -0.350 e. The first-order valence-corrected chi connectivity index (χ1v) is 8.65. The Kier molecular flexibility index (Phi) is 4.78. The third-order valence-corrected chi connectivity index (χ3v) is 4.67. The van der Waals surface area contributed by atoms with Gasteiger partial charge >= 0.3 is 0 Å². The number of nitrogens with two attached hydrogens (primary N) is 1. The zero-order valence-corrected chi connectivity index (χ0v) is 15.0. The predicted octanol–water partition coefficient (Wildman–Crippen LogP) is 1.96. The fourth-order valence-electron chi connectivity index (χ4n) is 3.31. The molecule has 1 aromatic heterocycles. The predicted molar refractivity (Wildman–Crippen MR) is 99.2 cm³/mol. The van der Waals surface area contributed by atoms with E-state index in [-0.39, 0.29) is 29.3 Å².